The normalized spacial score (nSPS) is 21.1. The molecule has 0 heterocycles. The number of hydrogen-bond donors (Lipinski definition) is 2. The molecule has 20 heavy (non-hydrogen) atoms. The van der Waals surface area contributed by atoms with Gasteiger partial charge in [0.05, 0.1) is 17.8 Å². The molecular weight excluding hydrogens is 256 g/mol. The van der Waals surface area contributed by atoms with E-state index < -0.39 is 6.04 Å². The number of hydroxylamine groups is 1. The van der Waals surface area contributed by atoms with Crippen LogP contribution in [-0.2, 0) is 14.4 Å². The van der Waals surface area contributed by atoms with Gasteiger partial charge in [0.25, 0.3) is 5.91 Å². The lowest BCUT2D eigenvalue weighted by Gasteiger charge is -2.28. The zero-order valence-corrected chi connectivity index (χ0v) is 13.3. The van der Waals surface area contributed by atoms with Crippen molar-refractivity contribution in [1.29, 1.82) is 0 Å². The van der Waals surface area contributed by atoms with E-state index in [2.05, 4.69) is 5.48 Å². The molecule has 0 aromatic heterocycles. The SMILES string of the molecule is C[C@@H](OC(C)(C)C)[C@H](N)C(=O)NOC1CCCCCC1. The van der Waals surface area contributed by atoms with Crippen molar-refractivity contribution in [3.63, 3.8) is 0 Å². The van der Waals surface area contributed by atoms with Crippen LogP contribution in [0.4, 0.5) is 0 Å². The largest absolute Gasteiger partial charge is 0.371 e. The maximum Gasteiger partial charge on any atom is 0.263 e. The molecule has 1 fully saturated rings. The molecule has 0 spiro atoms. The van der Waals surface area contributed by atoms with Crippen LogP contribution in [0.5, 0.6) is 0 Å². The summed E-state index contributed by atoms with van der Waals surface area (Å²) >= 11 is 0. The first-order chi connectivity index (χ1) is 9.29. The second-order valence-electron chi connectivity index (χ2n) is 6.66. The molecule has 0 aromatic carbocycles. The highest BCUT2D eigenvalue weighted by molar-refractivity contribution is 5.81. The quantitative estimate of drug-likeness (QED) is 0.601. The maximum absolute atomic E-state index is 12.0. The number of ether oxygens (including phenoxy) is 1. The summed E-state index contributed by atoms with van der Waals surface area (Å²) in [6.45, 7) is 7.63. The van der Waals surface area contributed by atoms with Gasteiger partial charge < -0.3 is 10.5 Å². The van der Waals surface area contributed by atoms with Gasteiger partial charge in [0.15, 0.2) is 0 Å². The summed E-state index contributed by atoms with van der Waals surface area (Å²) in [5, 5.41) is 0. The van der Waals surface area contributed by atoms with E-state index >= 15 is 0 Å². The summed E-state index contributed by atoms with van der Waals surface area (Å²) in [5.74, 6) is -0.314. The molecule has 1 saturated carbocycles. The van der Waals surface area contributed by atoms with Crippen LogP contribution < -0.4 is 11.2 Å². The number of amides is 1. The molecule has 0 aromatic rings. The van der Waals surface area contributed by atoms with Gasteiger partial charge in [-0.1, -0.05) is 25.7 Å². The van der Waals surface area contributed by atoms with E-state index in [9.17, 15) is 4.79 Å². The van der Waals surface area contributed by atoms with Crippen molar-refractivity contribution in [2.24, 2.45) is 5.73 Å². The van der Waals surface area contributed by atoms with Crippen molar-refractivity contribution in [3.05, 3.63) is 0 Å². The summed E-state index contributed by atoms with van der Waals surface area (Å²) in [5.41, 5.74) is 8.08. The molecule has 1 aliphatic carbocycles. The van der Waals surface area contributed by atoms with E-state index in [0.29, 0.717) is 0 Å². The predicted octanol–water partition coefficient (Wildman–Crippen LogP) is 2.29. The van der Waals surface area contributed by atoms with Crippen LogP contribution in [-0.4, -0.2) is 29.8 Å². The molecule has 0 saturated heterocycles. The molecule has 3 N–H and O–H groups in total. The highest BCUT2D eigenvalue weighted by Gasteiger charge is 2.26. The third kappa shape index (κ3) is 6.68. The van der Waals surface area contributed by atoms with Crippen molar-refractivity contribution in [2.45, 2.75) is 90.1 Å². The molecule has 1 amide bonds. The highest BCUT2D eigenvalue weighted by atomic mass is 16.7. The van der Waals surface area contributed by atoms with Gasteiger partial charge in [0.2, 0.25) is 0 Å². The Kier molecular flexibility index (Phi) is 6.92. The van der Waals surface area contributed by atoms with Gasteiger partial charge in [0, 0.05) is 0 Å². The van der Waals surface area contributed by atoms with Crippen LogP contribution in [0.25, 0.3) is 0 Å². The number of carbonyl (C=O) groups excluding carboxylic acids is 1. The van der Waals surface area contributed by atoms with Crippen molar-refractivity contribution in [1.82, 2.24) is 5.48 Å². The van der Waals surface area contributed by atoms with E-state index in [1.54, 1.807) is 6.92 Å². The first-order valence-electron chi connectivity index (χ1n) is 7.68. The average molecular weight is 286 g/mol. The van der Waals surface area contributed by atoms with Gasteiger partial charge in [-0.3, -0.25) is 9.63 Å². The van der Waals surface area contributed by atoms with E-state index in [1.807, 2.05) is 20.8 Å². The lowest BCUT2D eigenvalue weighted by molar-refractivity contribution is -0.146. The lowest BCUT2D eigenvalue weighted by atomic mass is 10.1. The number of nitrogens with one attached hydrogen (secondary N) is 1. The lowest BCUT2D eigenvalue weighted by Crippen LogP contribution is -2.50. The molecule has 5 nitrogen and oxygen atoms in total. The molecule has 0 unspecified atom stereocenters. The fourth-order valence-electron chi connectivity index (χ4n) is 2.41. The minimum Gasteiger partial charge on any atom is -0.371 e. The number of nitrogens with two attached hydrogens (primary N) is 1. The molecule has 2 atom stereocenters. The summed E-state index contributed by atoms with van der Waals surface area (Å²) < 4.78 is 5.69. The van der Waals surface area contributed by atoms with Crippen LogP contribution in [0.2, 0.25) is 0 Å². The first kappa shape index (κ1) is 17.4. The first-order valence-corrected chi connectivity index (χ1v) is 7.68. The zero-order valence-electron chi connectivity index (χ0n) is 13.3. The second-order valence-corrected chi connectivity index (χ2v) is 6.66. The topological polar surface area (TPSA) is 73.6 Å². The van der Waals surface area contributed by atoms with Crippen LogP contribution in [0.3, 0.4) is 0 Å². The van der Waals surface area contributed by atoms with Gasteiger partial charge in [-0.2, -0.15) is 0 Å². The van der Waals surface area contributed by atoms with Crippen molar-refractivity contribution < 1.29 is 14.4 Å². The standard InChI is InChI=1S/C15H30N2O3/c1-11(19-15(2,3)4)13(16)14(18)17-20-12-9-7-5-6-8-10-12/h11-13H,5-10,16H2,1-4H3,(H,17,18)/t11-,13+/m1/s1. The maximum atomic E-state index is 12.0. The average Bonchev–Trinajstić information content (AvgIpc) is 2.61. The van der Waals surface area contributed by atoms with Crippen LogP contribution >= 0.6 is 0 Å². The van der Waals surface area contributed by atoms with E-state index in [-0.39, 0.29) is 23.7 Å². The molecule has 118 valence electrons. The van der Waals surface area contributed by atoms with Crippen LogP contribution in [0.1, 0.15) is 66.2 Å². The smallest absolute Gasteiger partial charge is 0.263 e. The van der Waals surface area contributed by atoms with Crippen molar-refractivity contribution in [3.8, 4) is 0 Å². The van der Waals surface area contributed by atoms with Crippen molar-refractivity contribution >= 4 is 5.91 Å². The third-order valence-electron chi connectivity index (χ3n) is 3.48. The van der Waals surface area contributed by atoms with Gasteiger partial charge in [-0.05, 0) is 40.5 Å². The molecule has 0 radical (unpaired) electrons. The fraction of sp³-hybridized carbons (Fsp3) is 0.933. The van der Waals surface area contributed by atoms with E-state index in [1.165, 1.54) is 12.8 Å². The Balaban J connectivity index is 2.33. The second kappa shape index (κ2) is 7.96. The minimum absolute atomic E-state index is 0.118. The van der Waals surface area contributed by atoms with Crippen LogP contribution in [0.15, 0.2) is 0 Å². The summed E-state index contributed by atoms with van der Waals surface area (Å²) in [4.78, 5) is 17.4. The van der Waals surface area contributed by atoms with Gasteiger partial charge in [0.1, 0.15) is 6.04 Å². The Hall–Kier alpha value is -0.650. The molecule has 5 heteroatoms. The molecule has 1 rings (SSSR count). The number of carbonyl (C=O) groups is 1. The number of hydrogen-bond acceptors (Lipinski definition) is 4. The predicted molar refractivity (Wildman–Crippen MR) is 79.0 cm³/mol. The number of rotatable bonds is 5. The monoisotopic (exact) mass is 286 g/mol. The Bertz CT molecular complexity index is 294. The summed E-state index contributed by atoms with van der Waals surface area (Å²) in [6.07, 6.45) is 6.60. The minimum atomic E-state index is -0.722. The fourth-order valence-corrected chi connectivity index (χ4v) is 2.41. The molecular formula is C15H30N2O3. The van der Waals surface area contributed by atoms with E-state index in [4.69, 9.17) is 15.3 Å². The zero-order chi connectivity index (χ0) is 15.2. The van der Waals surface area contributed by atoms with Crippen molar-refractivity contribution in [2.75, 3.05) is 0 Å². The Morgan fingerprint density at radius 2 is 1.75 bits per heavy atom. The third-order valence-corrected chi connectivity index (χ3v) is 3.48. The molecule has 0 bridgehead atoms. The van der Waals surface area contributed by atoms with E-state index in [0.717, 1.165) is 25.7 Å². The molecule has 1 aliphatic rings. The summed E-state index contributed by atoms with van der Waals surface area (Å²) in [6, 6.07) is -0.722. The van der Waals surface area contributed by atoms with Gasteiger partial charge in [-0.15, -0.1) is 0 Å². The Labute approximate surface area is 122 Å². The Morgan fingerprint density at radius 1 is 1.20 bits per heavy atom. The molecule has 0 aliphatic heterocycles. The van der Waals surface area contributed by atoms with Gasteiger partial charge in [-0.25, -0.2) is 5.48 Å². The highest BCUT2D eigenvalue weighted by Crippen LogP contribution is 2.19. The Morgan fingerprint density at radius 3 is 2.25 bits per heavy atom. The van der Waals surface area contributed by atoms with Gasteiger partial charge >= 0.3 is 0 Å². The van der Waals surface area contributed by atoms with Crippen LogP contribution in [0, 0.1) is 0 Å². The summed E-state index contributed by atoms with van der Waals surface area (Å²) in [7, 11) is 0.